The molecule has 0 atom stereocenters. The molecule has 0 radical (unpaired) electrons. The first-order chi connectivity index (χ1) is 12.4. The molecule has 2 heterocycles. The second-order valence-corrected chi connectivity index (χ2v) is 6.86. The largest absolute Gasteiger partial charge is 0.365 e. The second kappa shape index (κ2) is 7.45. The smallest absolute Gasteiger partial charge is 0.148 e. The van der Waals surface area contributed by atoms with Crippen LogP contribution in [0, 0.1) is 0 Å². The number of rotatable bonds is 6. The van der Waals surface area contributed by atoms with Gasteiger partial charge >= 0.3 is 0 Å². The highest BCUT2D eigenvalue weighted by Gasteiger charge is 2.09. The third-order valence-corrected chi connectivity index (χ3v) is 5.04. The fourth-order valence-corrected chi connectivity index (χ4v) is 3.62. The van der Waals surface area contributed by atoms with Crippen LogP contribution in [0.15, 0.2) is 72.1 Å². The number of benzene rings is 2. The summed E-state index contributed by atoms with van der Waals surface area (Å²) in [6, 6.07) is 23.0. The molecule has 0 bridgehead atoms. The van der Waals surface area contributed by atoms with Crippen LogP contribution in [0.1, 0.15) is 17.0 Å². The van der Waals surface area contributed by atoms with E-state index in [2.05, 4.69) is 65.3 Å². The highest BCUT2D eigenvalue weighted by atomic mass is 32.1. The van der Waals surface area contributed by atoms with Gasteiger partial charge in [-0.25, -0.2) is 9.97 Å². The standard InChI is InChI=1S/C21H19N3S/c1-3-7-16(8-4-1)11-12-19-23-18-13-14-25-20(18)21(24-19)22-15-17-9-5-2-6-10-17/h1-10,13-14H,11-12,15H2,(H,22,23,24). The lowest BCUT2D eigenvalue weighted by atomic mass is 10.1. The van der Waals surface area contributed by atoms with E-state index in [4.69, 9.17) is 9.97 Å². The van der Waals surface area contributed by atoms with Crippen molar-refractivity contribution >= 4 is 27.4 Å². The topological polar surface area (TPSA) is 37.8 Å². The predicted octanol–water partition coefficient (Wildman–Crippen LogP) is 5.09. The molecule has 0 amide bonds. The summed E-state index contributed by atoms with van der Waals surface area (Å²) in [7, 11) is 0. The van der Waals surface area contributed by atoms with E-state index in [0.29, 0.717) is 0 Å². The number of thiophene rings is 1. The minimum Gasteiger partial charge on any atom is -0.365 e. The number of hydrogen-bond acceptors (Lipinski definition) is 4. The highest BCUT2D eigenvalue weighted by Crippen LogP contribution is 2.26. The van der Waals surface area contributed by atoms with Crippen LogP contribution in [0.25, 0.3) is 10.2 Å². The second-order valence-electron chi connectivity index (χ2n) is 5.95. The van der Waals surface area contributed by atoms with Crippen LogP contribution in [0.4, 0.5) is 5.82 Å². The van der Waals surface area contributed by atoms with Gasteiger partial charge in [-0.3, -0.25) is 0 Å². The molecule has 0 aliphatic carbocycles. The highest BCUT2D eigenvalue weighted by molar-refractivity contribution is 7.17. The molecule has 0 saturated carbocycles. The Bertz CT molecular complexity index is 949. The lowest BCUT2D eigenvalue weighted by Gasteiger charge is -2.09. The fourth-order valence-electron chi connectivity index (χ4n) is 2.83. The summed E-state index contributed by atoms with van der Waals surface area (Å²) in [6.07, 6.45) is 1.80. The Balaban J connectivity index is 1.54. The third-order valence-electron chi connectivity index (χ3n) is 4.13. The van der Waals surface area contributed by atoms with E-state index in [1.807, 2.05) is 12.1 Å². The Hall–Kier alpha value is -2.72. The van der Waals surface area contributed by atoms with Gasteiger partial charge in [0.1, 0.15) is 11.6 Å². The van der Waals surface area contributed by atoms with Gasteiger partial charge in [-0.2, -0.15) is 0 Å². The van der Waals surface area contributed by atoms with Gasteiger partial charge in [0, 0.05) is 13.0 Å². The van der Waals surface area contributed by atoms with Crippen LogP contribution in [0.2, 0.25) is 0 Å². The average molecular weight is 345 g/mol. The summed E-state index contributed by atoms with van der Waals surface area (Å²) >= 11 is 1.68. The Kier molecular flexibility index (Phi) is 4.70. The van der Waals surface area contributed by atoms with Crippen molar-refractivity contribution in [1.82, 2.24) is 9.97 Å². The molecule has 4 heteroatoms. The van der Waals surface area contributed by atoms with E-state index in [9.17, 15) is 0 Å². The fraction of sp³-hybridized carbons (Fsp3) is 0.143. The molecule has 0 aliphatic heterocycles. The molecule has 4 aromatic rings. The Morgan fingerprint density at radius 1 is 0.760 bits per heavy atom. The van der Waals surface area contributed by atoms with Crippen LogP contribution in [-0.2, 0) is 19.4 Å². The Labute approximate surface area is 151 Å². The van der Waals surface area contributed by atoms with Crippen molar-refractivity contribution < 1.29 is 0 Å². The molecule has 0 unspecified atom stereocenters. The minimum atomic E-state index is 0.767. The monoisotopic (exact) mass is 345 g/mol. The predicted molar refractivity (Wildman–Crippen MR) is 105 cm³/mol. The SMILES string of the molecule is c1ccc(CCc2nc(NCc3ccccc3)c3sccc3n2)cc1. The summed E-state index contributed by atoms with van der Waals surface area (Å²) in [4.78, 5) is 9.52. The average Bonchev–Trinajstić information content (AvgIpc) is 3.15. The van der Waals surface area contributed by atoms with Gasteiger partial charge in [0.15, 0.2) is 0 Å². The lowest BCUT2D eigenvalue weighted by Crippen LogP contribution is -2.05. The minimum absolute atomic E-state index is 0.767. The molecule has 0 saturated heterocycles. The molecule has 0 fully saturated rings. The molecule has 0 aliphatic rings. The number of nitrogens with one attached hydrogen (secondary N) is 1. The van der Waals surface area contributed by atoms with E-state index in [1.165, 1.54) is 11.1 Å². The van der Waals surface area contributed by atoms with E-state index in [1.54, 1.807) is 11.3 Å². The molecule has 0 spiro atoms. The summed E-state index contributed by atoms with van der Waals surface area (Å²) in [5.74, 6) is 1.83. The third kappa shape index (κ3) is 3.86. The molecule has 3 nitrogen and oxygen atoms in total. The van der Waals surface area contributed by atoms with E-state index in [-0.39, 0.29) is 0 Å². The van der Waals surface area contributed by atoms with Crippen LogP contribution in [0.5, 0.6) is 0 Å². The number of anilines is 1. The lowest BCUT2D eigenvalue weighted by molar-refractivity contribution is 0.869. The van der Waals surface area contributed by atoms with Gasteiger partial charge in [0.05, 0.1) is 10.2 Å². The van der Waals surface area contributed by atoms with Crippen molar-refractivity contribution in [2.45, 2.75) is 19.4 Å². The maximum Gasteiger partial charge on any atom is 0.148 e. The van der Waals surface area contributed by atoms with Crippen molar-refractivity contribution in [2.24, 2.45) is 0 Å². The summed E-state index contributed by atoms with van der Waals surface area (Å²) in [5, 5.41) is 5.57. The van der Waals surface area contributed by atoms with E-state index < -0.39 is 0 Å². The first-order valence-electron chi connectivity index (χ1n) is 8.44. The summed E-state index contributed by atoms with van der Waals surface area (Å²) in [6.45, 7) is 0.767. The number of fused-ring (bicyclic) bond motifs is 1. The van der Waals surface area contributed by atoms with Gasteiger partial charge in [-0.15, -0.1) is 11.3 Å². The normalized spacial score (nSPS) is 10.9. The maximum atomic E-state index is 4.79. The summed E-state index contributed by atoms with van der Waals surface area (Å²) < 4.78 is 1.12. The zero-order chi connectivity index (χ0) is 16.9. The first kappa shape index (κ1) is 15.8. The molecule has 124 valence electrons. The van der Waals surface area contributed by atoms with E-state index >= 15 is 0 Å². The molecule has 25 heavy (non-hydrogen) atoms. The molecule has 1 N–H and O–H groups in total. The van der Waals surface area contributed by atoms with Crippen molar-refractivity contribution in [3.8, 4) is 0 Å². The van der Waals surface area contributed by atoms with Gasteiger partial charge in [0.2, 0.25) is 0 Å². The summed E-state index contributed by atoms with van der Waals surface area (Å²) in [5.41, 5.74) is 3.59. The number of aromatic nitrogens is 2. The molecular weight excluding hydrogens is 326 g/mol. The van der Waals surface area contributed by atoms with Crippen LogP contribution >= 0.6 is 11.3 Å². The van der Waals surface area contributed by atoms with Crippen LogP contribution < -0.4 is 5.32 Å². The maximum absolute atomic E-state index is 4.79. The van der Waals surface area contributed by atoms with Crippen molar-refractivity contribution in [1.29, 1.82) is 0 Å². The molecule has 2 aromatic heterocycles. The van der Waals surface area contributed by atoms with Gasteiger partial charge < -0.3 is 5.32 Å². The van der Waals surface area contributed by atoms with Gasteiger partial charge in [-0.1, -0.05) is 60.7 Å². The zero-order valence-electron chi connectivity index (χ0n) is 13.9. The Morgan fingerprint density at radius 3 is 2.24 bits per heavy atom. The van der Waals surface area contributed by atoms with Gasteiger partial charge in [0.25, 0.3) is 0 Å². The van der Waals surface area contributed by atoms with Crippen LogP contribution in [-0.4, -0.2) is 9.97 Å². The molecule has 4 rings (SSSR count). The number of aryl methyl sites for hydroxylation is 2. The van der Waals surface area contributed by atoms with Crippen molar-refractivity contribution in [3.63, 3.8) is 0 Å². The number of hydrogen-bond donors (Lipinski definition) is 1. The van der Waals surface area contributed by atoms with Crippen molar-refractivity contribution in [3.05, 3.63) is 89.1 Å². The quantitative estimate of drug-likeness (QED) is 0.529. The Morgan fingerprint density at radius 2 is 1.48 bits per heavy atom. The zero-order valence-corrected chi connectivity index (χ0v) is 14.7. The van der Waals surface area contributed by atoms with E-state index in [0.717, 1.165) is 41.2 Å². The van der Waals surface area contributed by atoms with Crippen molar-refractivity contribution in [2.75, 3.05) is 5.32 Å². The number of nitrogens with zero attached hydrogens (tertiary/aromatic N) is 2. The van der Waals surface area contributed by atoms with Crippen LogP contribution in [0.3, 0.4) is 0 Å². The molecule has 2 aromatic carbocycles. The van der Waals surface area contributed by atoms with Gasteiger partial charge in [-0.05, 0) is 29.0 Å². The molecular formula is C21H19N3S. The first-order valence-corrected chi connectivity index (χ1v) is 9.32.